The van der Waals surface area contributed by atoms with Gasteiger partial charge in [0.25, 0.3) is 0 Å². The monoisotopic (exact) mass is 279 g/mol. The molecule has 0 aliphatic heterocycles. The Morgan fingerprint density at radius 1 is 1.20 bits per heavy atom. The van der Waals surface area contributed by atoms with Crippen LogP contribution in [0.15, 0.2) is 24.3 Å². The molecule has 1 aromatic carbocycles. The molecule has 20 heavy (non-hydrogen) atoms. The molecular weight excluding hydrogens is 262 g/mol. The van der Waals surface area contributed by atoms with E-state index in [4.69, 9.17) is 9.47 Å². The second-order valence-corrected chi connectivity index (χ2v) is 4.54. The highest BCUT2D eigenvalue weighted by molar-refractivity contribution is 5.79. The number of methoxy groups -OCH3 is 1. The zero-order chi connectivity index (χ0) is 14.4. The van der Waals surface area contributed by atoms with E-state index in [-0.39, 0.29) is 6.54 Å². The number of rotatable bonds is 6. The highest BCUT2D eigenvalue weighted by Gasteiger charge is 2.21. The molecule has 2 rings (SSSR count). The first kappa shape index (κ1) is 14.2. The third-order valence-electron chi connectivity index (χ3n) is 2.80. The lowest BCUT2D eigenvalue weighted by molar-refractivity contribution is -0.133. The predicted octanol–water partition coefficient (Wildman–Crippen LogP) is 1.74. The molecule has 6 heteroatoms. The summed E-state index contributed by atoms with van der Waals surface area (Å²) in [7, 11) is 1.22. The maximum Gasteiger partial charge on any atom is 0.407 e. The number of amides is 1. The van der Waals surface area contributed by atoms with Crippen molar-refractivity contribution in [3.63, 3.8) is 0 Å². The van der Waals surface area contributed by atoms with Crippen LogP contribution in [0.2, 0.25) is 0 Å². The SMILES string of the molecule is COC(=O)NCC(=O)Oc1ccc(OCC2CC2)cc1. The standard InChI is InChI=1S/C14H17NO5/c1-18-14(17)15-8-13(16)20-12-6-4-11(5-7-12)19-9-10-2-3-10/h4-7,10H,2-3,8-9H2,1H3,(H,15,17). The van der Waals surface area contributed by atoms with Crippen LogP contribution in [0, 0.1) is 5.92 Å². The quantitative estimate of drug-likeness (QED) is 0.634. The van der Waals surface area contributed by atoms with Crippen molar-refractivity contribution in [2.75, 3.05) is 20.3 Å². The van der Waals surface area contributed by atoms with Crippen molar-refractivity contribution in [2.45, 2.75) is 12.8 Å². The van der Waals surface area contributed by atoms with Crippen molar-refractivity contribution in [1.29, 1.82) is 0 Å². The van der Waals surface area contributed by atoms with Gasteiger partial charge in [0, 0.05) is 0 Å². The number of hydrogen-bond donors (Lipinski definition) is 1. The highest BCUT2D eigenvalue weighted by Crippen LogP contribution is 2.29. The number of nitrogens with one attached hydrogen (secondary N) is 1. The molecule has 1 aliphatic rings. The fourth-order valence-corrected chi connectivity index (χ4v) is 1.49. The van der Waals surface area contributed by atoms with Gasteiger partial charge in [-0.2, -0.15) is 0 Å². The van der Waals surface area contributed by atoms with Crippen LogP contribution in [0.3, 0.4) is 0 Å². The van der Waals surface area contributed by atoms with Gasteiger partial charge >= 0.3 is 12.1 Å². The molecule has 108 valence electrons. The van der Waals surface area contributed by atoms with Gasteiger partial charge in [0.1, 0.15) is 18.0 Å². The zero-order valence-corrected chi connectivity index (χ0v) is 11.3. The molecule has 0 radical (unpaired) electrons. The number of esters is 1. The molecule has 0 heterocycles. The van der Waals surface area contributed by atoms with E-state index in [0.717, 1.165) is 12.4 Å². The summed E-state index contributed by atoms with van der Waals surface area (Å²) in [5.41, 5.74) is 0. The number of alkyl carbamates (subject to hydrolysis) is 1. The zero-order valence-electron chi connectivity index (χ0n) is 11.3. The summed E-state index contributed by atoms with van der Waals surface area (Å²) in [6.07, 6.45) is 1.80. The Kier molecular flexibility index (Phi) is 4.81. The molecule has 1 N–H and O–H groups in total. The normalized spacial score (nSPS) is 13.4. The molecule has 1 amide bonds. The second kappa shape index (κ2) is 6.79. The Morgan fingerprint density at radius 2 is 1.85 bits per heavy atom. The molecule has 0 saturated heterocycles. The summed E-state index contributed by atoms with van der Waals surface area (Å²) in [5, 5.41) is 2.24. The first-order valence-electron chi connectivity index (χ1n) is 6.42. The van der Waals surface area contributed by atoms with Gasteiger partial charge in [-0.1, -0.05) is 0 Å². The maximum atomic E-state index is 11.4. The molecular formula is C14H17NO5. The summed E-state index contributed by atoms with van der Waals surface area (Å²) in [5.74, 6) is 1.28. The summed E-state index contributed by atoms with van der Waals surface area (Å²) in [6, 6.07) is 6.80. The third-order valence-corrected chi connectivity index (χ3v) is 2.80. The van der Waals surface area contributed by atoms with E-state index in [1.54, 1.807) is 24.3 Å². The van der Waals surface area contributed by atoms with E-state index in [2.05, 4.69) is 10.1 Å². The van der Waals surface area contributed by atoms with Crippen LogP contribution in [0.4, 0.5) is 4.79 Å². The van der Waals surface area contributed by atoms with Crippen LogP contribution in [0.5, 0.6) is 11.5 Å². The molecule has 0 unspecified atom stereocenters. The highest BCUT2D eigenvalue weighted by atomic mass is 16.5. The summed E-state index contributed by atoms with van der Waals surface area (Å²) >= 11 is 0. The third kappa shape index (κ3) is 4.79. The van der Waals surface area contributed by atoms with Crippen molar-refractivity contribution in [2.24, 2.45) is 5.92 Å². The molecule has 6 nitrogen and oxygen atoms in total. The molecule has 0 atom stereocenters. The van der Waals surface area contributed by atoms with Gasteiger partial charge in [-0.15, -0.1) is 0 Å². The molecule has 1 saturated carbocycles. The predicted molar refractivity (Wildman–Crippen MR) is 70.7 cm³/mol. The van der Waals surface area contributed by atoms with Crippen molar-refractivity contribution in [3.8, 4) is 11.5 Å². The Morgan fingerprint density at radius 3 is 2.45 bits per heavy atom. The fourth-order valence-electron chi connectivity index (χ4n) is 1.49. The molecule has 0 bridgehead atoms. The van der Waals surface area contributed by atoms with Gasteiger partial charge in [-0.05, 0) is 43.0 Å². The van der Waals surface area contributed by atoms with Crippen LogP contribution in [0.1, 0.15) is 12.8 Å². The van der Waals surface area contributed by atoms with Gasteiger partial charge in [0.05, 0.1) is 13.7 Å². The summed E-state index contributed by atoms with van der Waals surface area (Å²) < 4.78 is 15.0. The van der Waals surface area contributed by atoms with Gasteiger partial charge in [-0.3, -0.25) is 0 Å². The molecule has 1 fully saturated rings. The first-order valence-corrected chi connectivity index (χ1v) is 6.42. The lowest BCUT2D eigenvalue weighted by Gasteiger charge is -2.07. The van der Waals surface area contributed by atoms with Gasteiger partial charge in [0.15, 0.2) is 0 Å². The molecule has 1 aliphatic carbocycles. The van der Waals surface area contributed by atoms with E-state index in [1.807, 2.05) is 0 Å². The Hall–Kier alpha value is -2.24. The van der Waals surface area contributed by atoms with Crippen molar-refractivity contribution in [3.05, 3.63) is 24.3 Å². The number of hydrogen-bond acceptors (Lipinski definition) is 5. The largest absolute Gasteiger partial charge is 0.493 e. The van der Waals surface area contributed by atoms with Crippen LogP contribution >= 0.6 is 0 Å². The van der Waals surface area contributed by atoms with E-state index < -0.39 is 12.1 Å². The summed E-state index contributed by atoms with van der Waals surface area (Å²) in [6.45, 7) is 0.495. The first-order chi connectivity index (χ1) is 9.67. The topological polar surface area (TPSA) is 73.9 Å². The number of ether oxygens (including phenoxy) is 3. The van der Waals surface area contributed by atoms with Crippen LogP contribution in [0.25, 0.3) is 0 Å². The molecule has 0 spiro atoms. The van der Waals surface area contributed by atoms with Crippen LogP contribution in [-0.4, -0.2) is 32.3 Å². The van der Waals surface area contributed by atoms with Crippen LogP contribution < -0.4 is 14.8 Å². The van der Waals surface area contributed by atoms with Crippen LogP contribution in [-0.2, 0) is 9.53 Å². The van der Waals surface area contributed by atoms with Gasteiger partial charge < -0.3 is 19.5 Å². The molecule has 1 aromatic rings. The Bertz CT molecular complexity index is 467. The lowest BCUT2D eigenvalue weighted by atomic mass is 10.3. The lowest BCUT2D eigenvalue weighted by Crippen LogP contribution is -2.31. The minimum atomic E-state index is -0.675. The van der Waals surface area contributed by atoms with E-state index >= 15 is 0 Å². The van der Waals surface area contributed by atoms with E-state index in [9.17, 15) is 9.59 Å². The smallest absolute Gasteiger partial charge is 0.407 e. The van der Waals surface area contributed by atoms with Gasteiger partial charge in [0.2, 0.25) is 0 Å². The van der Waals surface area contributed by atoms with Gasteiger partial charge in [-0.25, -0.2) is 9.59 Å². The average molecular weight is 279 g/mol. The molecule has 0 aromatic heterocycles. The number of carbonyl (C=O) groups excluding carboxylic acids is 2. The second-order valence-electron chi connectivity index (χ2n) is 4.54. The number of carbonyl (C=O) groups is 2. The minimum Gasteiger partial charge on any atom is -0.493 e. The fraction of sp³-hybridized carbons (Fsp3) is 0.429. The minimum absolute atomic E-state index is 0.243. The average Bonchev–Trinajstić information content (AvgIpc) is 3.28. The van der Waals surface area contributed by atoms with Crippen molar-refractivity contribution >= 4 is 12.1 Å². The Balaban J connectivity index is 1.74. The summed E-state index contributed by atoms with van der Waals surface area (Å²) in [4.78, 5) is 22.2. The van der Waals surface area contributed by atoms with Crippen molar-refractivity contribution < 1.29 is 23.8 Å². The number of benzene rings is 1. The van der Waals surface area contributed by atoms with E-state index in [0.29, 0.717) is 11.7 Å². The maximum absolute atomic E-state index is 11.4. The van der Waals surface area contributed by atoms with E-state index in [1.165, 1.54) is 20.0 Å². The van der Waals surface area contributed by atoms with Crippen molar-refractivity contribution in [1.82, 2.24) is 5.32 Å². The Labute approximate surface area is 117 Å².